The fourth-order valence-electron chi connectivity index (χ4n) is 5.35. The van der Waals surface area contributed by atoms with Gasteiger partial charge >= 0.3 is 5.97 Å². The van der Waals surface area contributed by atoms with Crippen LogP contribution in [-0.4, -0.2) is 52.8 Å². The van der Waals surface area contributed by atoms with E-state index in [0.29, 0.717) is 18.4 Å². The van der Waals surface area contributed by atoms with Crippen LogP contribution in [0.3, 0.4) is 0 Å². The van der Waals surface area contributed by atoms with Gasteiger partial charge in [0.25, 0.3) is 5.91 Å². The molecule has 1 amide bonds. The lowest BCUT2D eigenvalue weighted by molar-refractivity contribution is -0.151. The molecular weight excluding hydrogens is 470 g/mol. The predicted molar refractivity (Wildman–Crippen MR) is 139 cm³/mol. The smallest absolute Gasteiger partial charge is 0.328 e. The van der Waals surface area contributed by atoms with E-state index in [4.69, 9.17) is 9.94 Å². The summed E-state index contributed by atoms with van der Waals surface area (Å²) in [5.74, 6) is 0.131. The molecule has 1 aliphatic carbocycles. The van der Waals surface area contributed by atoms with E-state index in [9.17, 15) is 9.59 Å². The minimum atomic E-state index is -0.636. The van der Waals surface area contributed by atoms with Crippen LogP contribution in [0.1, 0.15) is 60.5 Å². The molecule has 1 saturated carbocycles. The Kier molecular flexibility index (Phi) is 7.91. The number of benzene rings is 2. The molecule has 0 unspecified atom stereocenters. The monoisotopic (exact) mass is 503 g/mol. The summed E-state index contributed by atoms with van der Waals surface area (Å²) in [4.78, 5) is 35.5. The highest BCUT2D eigenvalue weighted by atomic mass is 16.5. The van der Waals surface area contributed by atoms with Gasteiger partial charge in [-0.3, -0.25) is 10.0 Å². The maximum Gasteiger partial charge on any atom is 0.328 e. The van der Waals surface area contributed by atoms with Crippen molar-refractivity contribution in [2.24, 2.45) is 5.92 Å². The molecule has 1 atom stereocenters. The lowest BCUT2D eigenvalue weighted by atomic mass is 9.94. The van der Waals surface area contributed by atoms with Gasteiger partial charge in [0, 0.05) is 25.5 Å². The Morgan fingerprint density at radius 2 is 1.70 bits per heavy atom. The molecule has 3 N–H and O–H groups in total. The number of rotatable bonds is 8. The zero-order valence-electron chi connectivity index (χ0n) is 20.8. The SMILES string of the molecule is O=C(NO)c1cnc(N2CCC(CN[C@H](C(=O)OC3CCCC3)c3cccc4ccccc34)CC2)nc1. The lowest BCUT2D eigenvalue weighted by Crippen LogP contribution is -2.40. The van der Waals surface area contributed by atoms with Crippen molar-refractivity contribution >= 4 is 28.6 Å². The molecule has 194 valence electrons. The van der Waals surface area contributed by atoms with Crippen LogP contribution >= 0.6 is 0 Å². The van der Waals surface area contributed by atoms with Crippen LogP contribution in [0.2, 0.25) is 0 Å². The summed E-state index contributed by atoms with van der Waals surface area (Å²) in [6.07, 6.45) is 8.81. The molecule has 1 aromatic heterocycles. The second-order valence-corrected chi connectivity index (χ2v) is 9.90. The summed E-state index contributed by atoms with van der Waals surface area (Å²) in [5.41, 5.74) is 2.75. The third kappa shape index (κ3) is 5.89. The normalized spacial score (nSPS) is 17.6. The maximum atomic E-state index is 13.4. The third-order valence-electron chi connectivity index (χ3n) is 7.47. The predicted octanol–water partition coefficient (Wildman–Crippen LogP) is 3.78. The van der Waals surface area contributed by atoms with Crippen LogP contribution in [0.5, 0.6) is 0 Å². The highest BCUT2D eigenvalue weighted by Gasteiger charge is 2.29. The van der Waals surface area contributed by atoms with Gasteiger partial charge in [0.05, 0.1) is 5.56 Å². The van der Waals surface area contributed by atoms with Gasteiger partial charge in [-0.1, -0.05) is 42.5 Å². The summed E-state index contributed by atoms with van der Waals surface area (Å²) in [6, 6.07) is 13.7. The van der Waals surface area contributed by atoms with E-state index in [1.54, 1.807) is 5.48 Å². The van der Waals surface area contributed by atoms with Crippen LogP contribution in [0.15, 0.2) is 54.9 Å². The van der Waals surface area contributed by atoms with Gasteiger partial charge in [-0.2, -0.15) is 0 Å². The Bertz CT molecular complexity index is 1220. The van der Waals surface area contributed by atoms with Crippen molar-refractivity contribution in [1.82, 2.24) is 20.8 Å². The number of amides is 1. The molecule has 2 heterocycles. The molecule has 2 fully saturated rings. The Balaban J connectivity index is 1.24. The largest absolute Gasteiger partial charge is 0.461 e. The number of hydroxylamine groups is 1. The number of esters is 1. The van der Waals surface area contributed by atoms with E-state index in [-0.39, 0.29) is 17.6 Å². The van der Waals surface area contributed by atoms with Crippen LogP contribution < -0.4 is 15.7 Å². The van der Waals surface area contributed by atoms with Gasteiger partial charge in [-0.05, 0) is 67.3 Å². The first-order valence-corrected chi connectivity index (χ1v) is 13.1. The second-order valence-electron chi connectivity index (χ2n) is 9.90. The van der Waals surface area contributed by atoms with E-state index < -0.39 is 11.9 Å². The number of hydrogen-bond acceptors (Lipinski definition) is 8. The number of ether oxygens (including phenoxy) is 1. The van der Waals surface area contributed by atoms with Gasteiger partial charge in [0.15, 0.2) is 0 Å². The highest BCUT2D eigenvalue weighted by molar-refractivity contribution is 5.93. The standard InChI is InChI=1S/C28H33N5O4/c34-26(32-36)21-17-30-28(31-18-21)33-14-12-19(13-15-33)16-29-25(27(35)37-22-8-2-3-9-22)24-11-5-7-20-6-1-4-10-23(20)24/h1,4-7,10-11,17-19,22,25,29,36H,2-3,8-9,12-16H2,(H,32,34)/t25-/m0/s1. The van der Waals surface area contributed by atoms with Crippen molar-refractivity contribution in [3.63, 3.8) is 0 Å². The summed E-state index contributed by atoms with van der Waals surface area (Å²) in [7, 11) is 0. The topological polar surface area (TPSA) is 117 Å². The summed E-state index contributed by atoms with van der Waals surface area (Å²) in [6.45, 7) is 2.27. The Morgan fingerprint density at radius 1 is 1.00 bits per heavy atom. The maximum absolute atomic E-state index is 13.4. The molecule has 9 heteroatoms. The van der Waals surface area contributed by atoms with Gasteiger partial charge in [0.2, 0.25) is 5.95 Å². The number of anilines is 1. The molecule has 3 aromatic rings. The van der Waals surface area contributed by atoms with E-state index in [0.717, 1.165) is 68.0 Å². The number of carbonyl (C=O) groups is 2. The van der Waals surface area contributed by atoms with Gasteiger partial charge in [-0.25, -0.2) is 20.2 Å². The van der Waals surface area contributed by atoms with Gasteiger partial charge in [0.1, 0.15) is 12.1 Å². The summed E-state index contributed by atoms with van der Waals surface area (Å²) in [5, 5.41) is 14.5. The molecule has 37 heavy (non-hydrogen) atoms. The third-order valence-corrected chi connectivity index (χ3v) is 7.47. The number of hydrogen-bond donors (Lipinski definition) is 3. The molecule has 9 nitrogen and oxygen atoms in total. The molecule has 2 aliphatic rings. The number of nitrogens with one attached hydrogen (secondary N) is 2. The average molecular weight is 504 g/mol. The molecule has 1 saturated heterocycles. The number of fused-ring (bicyclic) bond motifs is 1. The van der Waals surface area contributed by atoms with Crippen molar-refractivity contribution in [1.29, 1.82) is 0 Å². The molecule has 0 spiro atoms. The van der Waals surface area contributed by atoms with Crippen molar-refractivity contribution in [3.05, 3.63) is 66.0 Å². The quantitative estimate of drug-likeness (QED) is 0.242. The second kappa shape index (κ2) is 11.7. The average Bonchev–Trinajstić information content (AvgIpc) is 3.46. The zero-order valence-corrected chi connectivity index (χ0v) is 20.8. The van der Waals surface area contributed by atoms with Crippen molar-refractivity contribution < 1.29 is 19.5 Å². The van der Waals surface area contributed by atoms with E-state index in [2.05, 4.69) is 38.4 Å². The molecule has 5 rings (SSSR count). The van der Waals surface area contributed by atoms with Crippen molar-refractivity contribution in [3.8, 4) is 0 Å². The first kappa shape index (κ1) is 25.1. The highest BCUT2D eigenvalue weighted by Crippen LogP contribution is 2.29. The summed E-state index contributed by atoms with van der Waals surface area (Å²) < 4.78 is 5.96. The molecule has 0 radical (unpaired) electrons. The Hall–Kier alpha value is -3.56. The molecule has 1 aliphatic heterocycles. The first-order chi connectivity index (χ1) is 18.1. The first-order valence-electron chi connectivity index (χ1n) is 13.1. The number of piperidine rings is 1. The number of carbonyl (C=O) groups excluding carboxylic acids is 2. The Morgan fingerprint density at radius 3 is 2.43 bits per heavy atom. The zero-order chi connectivity index (χ0) is 25.6. The molecule has 2 aromatic carbocycles. The number of aromatic nitrogens is 2. The van der Waals surface area contributed by atoms with E-state index in [1.807, 2.05) is 24.3 Å². The van der Waals surface area contributed by atoms with Crippen molar-refractivity contribution in [2.75, 3.05) is 24.5 Å². The van der Waals surface area contributed by atoms with Crippen molar-refractivity contribution in [2.45, 2.75) is 50.7 Å². The minimum absolute atomic E-state index is 0.0184. The summed E-state index contributed by atoms with van der Waals surface area (Å²) >= 11 is 0. The van der Waals surface area contributed by atoms with E-state index >= 15 is 0 Å². The fourth-order valence-corrected chi connectivity index (χ4v) is 5.35. The molecule has 0 bridgehead atoms. The lowest BCUT2D eigenvalue weighted by Gasteiger charge is -2.33. The van der Waals surface area contributed by atoms with Crippen LogP contribution in [-0.2, 0) is 9.53 Å². The number of nitrogens with zero attached hydrogens (tertiary/aromatic N) is 3. The molecular formula is C28H33N5O4. The minimum Gasteiger partial charge on any atom is -0.461 e. The van der Waals surface area contributed by atoms with Crippen LogP contribution in [0, 0.1) is 5.92 Å². The Labute approximate surface area is 216 Å². The van der Waals surface area contributed by atoms with Gasteiger partial charge < -0.3 is 15.0 Å². The fraction of sp³-hybridized carbons (Fsp3) is 0.429. The van der Waals surface area contributed by atoms with Crippen LogP contribution in [0.25, 0.3) is 10.8 Å². The van der Waals surface area contributed by atoms with E-state index in [1.165, 1.54) is 12.4 Å². The van der Waals surface area contributed by atoms with Crippen LogP contribution in [0.4, 0.5) is 5.95 Å². The van der Waals surface area contributed by atoms with Gasteiger partial charge in [-0.15, -0.1) is 0 Å².